The third-order valence-corrected chi connectivity index (χ3v) is 1.86. The van der Waals surface area contributed by atoms with Crippen LogP contribution in [-0.4, -0.2) is 5.57 Å². The van der Waals surface area contributed by atoms with Crippen LogP contribution in [0, 0.1) is 6.92 Å². The minimum atomic E-state index is -3.70. The van der Waals surface area contributed by atoms with Gasteiger partial charge in [0, 0.05) is 16.6 Å². The zero-order chi connectivity index (χ0) is 10.1. The SMILES string of the molecule is Cc1ccc(OC(F)(F)Cl)cc1Cl. The molecule has 0 spiro atoms. The van der Waals surface area contributed by atoms with Gasteiger partial charge >= 0.3 is 5.57 Å². The van der Waals surface area contributed by atoms with Crippen molar-refractivity contribution in [2.24, 2.45) is 0 Å². The molecule has 0 fully saturated rings. The second-order valence-electron chi connectivity index (χ2n) is 2.46. The molecule has 0 saturated heterocycles. The van der Waals surface area contributed by atoms with Gasteiger partial charge in [0.15, 0.2) is 0 Å². The minimum absolute atomic E-state index is 0.0596. The number of aryl methyl sites for hydroxylation is 1. The maximum absolute atomic E-state index is 12.1. The monoisotopic (exact) mass is 226 g/mol. The molecule has 1 rings (SSSR count). The number of hydrogen-bond donors (Lipinski definition) is 0. The first kappa shape index (κ1) is 10.5. The van der Waals surface area contributed by atoms with E-state index in [9.17, 15) is 8.78 Å². The molecule has 0 aromatic heterocycles. The summed E-state index contributed by atoms with van der Waals surface area (Å²) >= 11 is 10.2. The molecule has 1 aromatic rings. The molecule has 0 heterocycles. The van der Waals surface area contributed by atoms with Gasteiger partial charge in [-0.15, -0.1) is 8.78 Å². The molecule has 0 aliphatic rings. The fourth-order valence-corrected chi connectivity index (χ4v) is 1.03. The lowest BCUT2D eigenvalue weighted by Gasteiger charge is -2.10. The average molecular weight is 227 g/mol. The van der Waals surface area contributed by atoms with Crippen LogP contribution in [-0.2, 0) is 0 Å². The van der Waals surface area contributed by atoms with Gasteiger partial charge in [-0.05, 0) is 24.6 Å². The van der Waals surface area contributed by atoms with E-state index in [0.29, 0.717) is 5.02 Å². The predicted molar refractivity (Wildman–Crippen MR) is 47.6 cm³/mol. The molecule has 5 heteroatoms. The number of hydrogen-bond acceptors (Lipinski definition) is 1. The van der Waals surface area contributed by atoms with Crippen LogP contribution in [0.4, 0.5) is 8.78 Å². The number of ether oxygens (including phenoxy) is 1. The van der Waals surface area contributed by atoms with E-state index in [1.807, 2.05) is 0 Å². The summed E-state index contributed by atoms with van der Waals surface area (Å²) in [6.07, 6.45) is 0. The van der Waals surface area contributed by atoms with E-state index in [4.69, 9.17) is 11.6 Å². The van der Waals surface area contributed by atoms with Crippen molar-refractivity contribution in [3.05, 3.63) is 28.8 Å². The quantitative estimate of drug-likeness (QED) is 0.698. The van der Waals surface area contributed by atoms with Crippen LogP contribution in [0.1, 0.15) is 5.56 Å². The molecule has 72 valence electrons. The first-order valence-electron chi connectivity index (χ1n) is 3.40. The third kappa shape index (κ3) is 3.36. The second kappa shape index (κ2) is 3.68. The highest BCUT2D eigenvalue weighted by molar-refractivity contribution is 6.31. The van der Waals surface area contributed by atoms with Crippen LogP contribution in [0.2, 0.25) is 5.02 Å². The van der Waals surface area contributed by atoms with E-state index < -0.39 is 5.57 Å². The highest BCUT2D eigenvalue weighted by atomic mass is 35.5. The first-order chi connectivity index (χ1) is 5.88. The van der Waals surface area contributed by atoms with Gasteiger partial charge in [-0.25, -0.2) is 0 Å². The number of alkyl halides is 3. The van der Waals surface area contributed by atoms with Gasteiger partial charge in [-0.1, -0.05) is 17.7 Å². The molecule has 0 unspecified atom stereocenters. The molecule has 0 saturated carbocycles. The van der Waals surface area contributed by atoms with Crippen molar-refractivity contribution in [3.8, 4) is 5.75 Å². The Kier molecular flexibility index (Phi) is 2.98. The summed E-state index contributed by atoms with van der Waals surface area (Å²) in [6.45, 7) is 1.75. The van der Waals surface area contributed by atoms with Crippen molar-refractivity contribution in [1.82, 2.24) is 0 Å². The standard InChI is InChI=1S/C8H6Cl2F2O/c1-5-2-3-6(4-7(5)9)13-8(10,11)12/h2-4H,1H3. The lowest BCUT2D eigenvalue weighted by atomic mass is 10.2. The Morgan fingerprint density at radius 2 is 2.00 bits per heavy atom. The van der Waals surface area contributed by atoms with Crippen molar-refractivity contribution < 1.29 is 13.5 Å². The average Bonchev–Trinajstić information content (AvgIpc) is 1.94. The molecule has 1 aromatic carbocycles. The summed E-state index contributed by atoms with van der Waals surface area (Å²) < 4.78 is 28.4. The summed E-state index contributed by atoms with van der Waals surface area (Å²) in [5.41, 5.74) is -2.91. The van der Waals surface area contributed by atoms with Gasteiger partial charge in [0.25, 0.3) is 0 Å². The topological polar surface area (TPSA) is 9.23 Å². The van der Waals surface area contributed by atoms with Crippen molar-refractivity contribution >= 4 is 23.2 Å². The van der Waals surface area contributed by atoms with Gasteiger partial charge in [0.05, 0.1) is 0 Å². The molecule has 13 heavy (non-hydrogen) atoms. The number of rotatable bonds is 2. The third-order valence-electron chi connectivity index (χ3n) is 1.38. The normalized spacial score (nSPS) is 11.5. The van der Waals surface area contributed by atoms with Crippen molar-refractivity contribution in [2.75, 3.05) is 0 Å². The number of halogens is 4. The smallest absolute Gasteiger partial charge is 0.420 e. The second-order valence-corrected chi connectivity index (χ2v) is 3.31. The molecule has 0 amide bonds. The van der Waals surface area contributed by atoms with Crippen LogP contribution in [0.3, 0.4) is 0 Å². The van der Waals surface area contributed by atoms with E-state index in [2.05, 4.69) is 16.3 Å². The van der Waals surface area contributed by atoms with Gasteiger partial charge in [-0.2, -0.15) is 0 Å². The fraction of sp³-hybridized carbons (Fsp3) is 0.250. The molecule has 0 atom stereocenters. The molecular weight excluding hydrogens is 221 g/mol. The summed E-state index contributed by atoms with van der Waals surface area (Å²) in [5.74, 6) is -0.0596. The Morgan fingerprint density at radius 3 is 2.46 bits per heavy atom. The molecule has 0 N–H and O–H groups in total. The van der Waals surface area contributed by atoms with Crippen molar-refractivity contribution in [2.45, 2.75) is 12.5 Å². The molecular formula is C8H6Cl2F2O. The Balaban J connectivity index is 2.86. The van der Waals surface area contributed by atoms with Crippen LogP contribution >= 0.6 is 23.2 Å². The summed E-state index contributed by atoms with van der Waals surface area (Å²) in [6, 6.07) is 4.23. The summed E-state index contributed by atoms with van der Waals surface area (Å²) in [7, 11) is 0. The van der Waals surface area contributed by atoms with Gasteiger partial charge < -0.3 is 4.74 Å². The Hall–Kier alpha value is -0.540. The first-order valence-corrected chi connectivity index (χ1v) is 4.16. The Labute approximate surface area is 84.2 Å². The maximum atomic E-state index is 12.1. The van der Waals surface area contributed by atoms with E-state index >= 15 is 0 Å². The zero-order valence-corrected chi connectivity index (χ0v) is 8.16. The van der Waals surface area contributed by atoms with E-state index in [-0.39, 0.29) is 5.75 Å². The molecule has 0 aliphatic heterocycles. The lowest BCUT2D eigenvalue weighted by Crippen LogP contribution is -2.15. The highest BCUT2D eigenvalue weighted by Gasteiger charge is 2.27. The predicted octanol–water partition coefficient (Wildman–Crippen LogP) is 3.82. The fourth-order valence-electron chi connectivity index (χ4n) is 0.771. The molecule has 1 nitrogen and oxygen atoms in total. The van der Waals surface area contributed by atoms with Crippen molar-refractivity contribution in [1.29, 1.82) is 0 Å². The number of benzene rings is 1. The van der Waals surface area contributed by atoms with Crippen LogP contribution < -0.4 is 4.74 Å². The highest BCUT2D eigenvalue weighted by Crippen LogP contribution is 2.28. The molecule has 0 aliphatic carbocycles. The van der Waals surface area contributed by atoms with Crippen LogP contribution in [0.5, 0.6) is 5.75 Å². The van der Waals surface area contributed by atoms with Gasteiger partial charge in [-0.3, -0.25) is 0 Å². The Morgan fingerprint density at radius 1 is 1.38 bits per heavy atom. The van der Waals surface area contributed by atoms with Gasteiger partial charge in [0.2, 0.25) is 0 Å². The largest absolute Gasteiger partial charge is 0.487 e. The summed E-state index contributed by atoms with van der Waals surface area (Å²) in [5, 5.41) is 0.360. The van der Waals surface area contributed by atoms with E-state index in [1.54, 1.807) is 13.0 Å². The van der Waals surface area contributed by atoms with Crippen LogP contribution in [0.15, 0.2) is 18.2 Å². The Bertz CT molecular complexity index is 310. The van der Waals surface area contributed by atoms with E-state index in [0.717, 1.165) is 5.56 Å². The summed E-state index contributed by atoms with van der Waals surface area (Å²) in [4.78, 5) is 0. The molecule has 0 radical (unpaired) electrons. The van der Waals surface area contributed by atoms with Crippen molar-refractivity contribution in [3.63, 3.8) is 0 Å². The van der Waals surface area contributed by atoms with Gasteiger partial charge in [0.1, 0.15) is 5.75 Å². The minimum Gasteiger partial charge on any atom is -0.420 e. The van der Waals surface area contributed by atoms with E-state index in [1.165, 1.54) is 12.1 Å². The lowest BCUT2D eigenvalue weighted by molar-refractivity contribution is -0.0964. The maximum Gasteiger partial charge on any atom is 0.487 e. The zero-order valence-electron chi connectivity index (χ0n) is 6.65. The molecule has 0 bridgehead atoms. The van der Waals surface area contributed by atoms with Crippen LogP contribution in [0.25, 0.3) is 0 Å².